The zero-order valence-corrected chi connectivity index (χ0v) is 13.5. The number of nitriles is 1. The summed E-state index contributed by atoms with van der Waals surface area (Å²) in [5.41, 5.74) is 5.76. The Labute approximate surface area is 131 Å². The average Bonchev–Trinajstić information content (AvgIpc) is 2.87. The molecule has 0 saturated heterocycles. The second kappa shape index (κ2) is 5.58. The van der Waals surface area contributed by atoms with Crippen molar-refractivity contribution in [2.75, 3.05) is 6.54 Å². The van der Waals surface area contributed by atoms with E-state index in [1.165, 1.54) is 17.0 Å². The van der Waals surface area contributed by atoms with Crippen LogP contribution in [-0.4, -0.2) is 16.3 Å². The van der Waals surface area contributed by atoms with E-state index in [1.54, 1.807) is 0 Å². The molecule has 22 heavy (non-hydrogen) atoms. The SMILES string of the molecule is CC(C)(C)c1nn(Cc2cccc(C#N)c2)c2c1CNCC2. The van der Waals surface area contributed by atoms with Crippen molar-refractivity contribution >= 4 is 0 Å². The number of aromatic nitrogens is 2. The highest BCUT2D eigenvalue weighted by Crippen LogP contribution is 2.29. The molecule has 4 heteroatoms. The molecule has 0 atom stereocenters. The van der Waals surface area contributed by atoms with E-state index in [2.05, 4.69) is 42.9 Å². The van der Waals surface area contributed by atoms with E-state index in [0.717, 1.165) is 31.6 Å². The molecule has 0 saturated carbocycles. The lowest BCUT2D eigenvalue weighted by atomic mass is 9.88. The van der Waals surface area contributed by atoms with Crippen LogP contribution in [0.1, 0.15) is 48.8 Å². The highest BCUT2D eigenvalue weighted by atomic mass is 15.3. The number of hydrogen-bond acceptors (Lipinski definition) is 3. The fourth-order valence-corrected chi connectivity index (χ4v) is 3.07. The second-order valence-corrected chi connectivity index (χ2v) is 6.92. The minimum absolute atomic E-state index is 0.0445. The average molecular weight is 294 g/mol. The molecular formula is C18H22N4. The minimum Gasteiger partial charge on any atom is -0.312 e. The van der Waals surface area contributed by atoms with Crippen molar-refractivity contribution in [3.63, 3.8) is 0 Å². The molecule has 2 heterocycles. The maximum Gasteiger partial charge on any atom is 0.0991 e. The van der Waals surface area contributed by atoms with Crippen molar-refractivity contribution in [1.82, 2.24) is 15.1 Å². The van der Waals surface area contributed by atoms with Gasteiger partial charge in [0.25, 0.3) is 0 Å². The van der Waals surface area contributed by atoms with E-state index in [1.807, 2.05) is 18.2 Å². The van der Waals surface area contributed by atoms with Gasteiger partial charge in [0, 0.05) is 36.2 Å². The molecule has 3 rings (SSSR count). The zero-order chi connectivity index (χ0) is 15.7. The quantitative estimate of drug-likeness (QED) is 0.926. The fraction of sp³-hybridized carbons (Fsp3) is 0.444. The first-order valence-electron chi connectivity index (χ1n) is 7.78. The Balaban J connectivity index is 2.00. The lowest BCUT2D eigenvalue weighted by Crippen LogP contribution is -2.26. The van der Waals surface area contributed by atoms with Crippen LogP contribution in [0.5, 0.6) is 0 Å². The molecule has 1 aliphatic heterocycles. The van der Waals surface area contributed by atoms with Gasteiger partial charge in [-0.05, 0) is 17.7 Å². The summed E-state index contributed by atoms with van der Waals surface area (Å²) in [6.45, 7) is 9.27. The molecule has 0 radical (unpaired) electrons. The Kier molecular flexibility index (Phi) is 3.76. The van der Waals surface area contributed by atoms with Gasteiger partial charge in [0.2, 0.25) is 0 Å². The third kappa shape index (κ3) is 2.77. The van der Waals surface area contributed by atoms with Crippen LogP contribution in [0.15, 0.2) is 24.3 Å². The molecular weight excluding hydrogens is 272 g/mol. The van der Waals surface area contributed by atoms with Gasteiger partial charge in [0.15, 0.2) is 0 Å². The van der Waals surface area contributed by atoms with E-state index in [0.29, 0.717) is 5.56 Å². The summed E-state index contributed by atoms with van der Waals surface area (Å²) in [5.74, 6) is 0. The van der Waals surface area contributed by atoms with Gasteiger partial charge in [-0.1, -0.05) is 32.9 Å². The highest BCUT2D eigenvalue weighted by Gasteiger charge is 2.27. The van der Waals surface area contributed by atoms with Gasteiger partial charge in [0.05, 0.1) is 23.9 Å². The first-order valence-corrected chi connectivity index (χ1v) is 7.78. The summed E-state index contributed by atoms with van der Waals surface area (Å²) >= 11 is 0. The molecule has 0 amide bonds. The maximum absolute atomic E-state index is 9.05. The summed E-state index contributed by atoms with van der Waals surface area (Å²) in [6, 6.07) is 10.00. The van der Waals surface area contributed by atoms with Gasteiger partial charge >= 0.3 is 0 Å². The molecule has 1 aliphatic rings. The van der Waals surface area contributed by atoms with E-state index >= 15 is 0 Å². The number of fused-ring (bicyclic) bond motifs is 1. The van der Waals surface area contributed by atoms with Crippen molar-refractivity contribution in [3.05, 3.63) is 52.3 Å². The van der Waals surface area contributed by atoms with Crippen molar-refractivity contribution in [2.24, 2.45) is 0 Å². The Bertz CT molecular complexity index is 729. The number of nitrogens with one attached hydrogen (secondary N) is 1. The van der Waals surface area contributed by atoms with E-state index in [9.17, 15) is 0 Å². The lowest BCUT2D eigenvalue weighted by Gasteiger charge is -2.20. The van der Waals surface area contributed by atoms with Gasteiger partial charge in [-0.15, -0.1) is 0 Å². The van der Waals surface area contributed by atoms with Crippen LogP contribution in [0.25, 0.3) is 0 Å². The maximum atomic E-state index is 9.05. The number of nitrogens with zero attached hydrogens (tertiary/aromatic N) is 3. The Hall–Kier alpha value is -2.12. The van der Waals surface area contributed by atoms with Crippen molar-refractivity contribution in [1.29, 1.82) is 5.26 Å². The molecule has 0 spiro atoms. The summed E-state index contributed by atoms with van der Waals surface area (Å²) < 4.78 is 2.13. The molecule has 1 aromatic carbocycles. The van der Waals surface area contributed by atoms with E-state index < -0.39 is 0 Å². The third-order valence-corrected chi connectivity index (χ3v) is 4.11. The fourth-order valence-electron chi connectivity index (χ4n) is 3.07. The van der Waals surface area contributed by atoms with Gasteiger partial charge in [0.1, 0.15) is 0 Å². The molecule has 2 aromatic rings. The molecule has 4 nitrogen and oxygen atoms in total. The second-order valence-electron chi connectivity index (χ2n) is 6.92. The molecule has 0 bridgehead atoms. The van der Waals surface area contributed by atoms with Gasteiger partial charge in [-0.2, -0.15) is 10.4 Å². The summed E-state index contributed by atoms with van der Waals surface area (Å²) in [7, 11) is 0. The molecule has 1 N–H and O–H groups in total. The smallest absolute Gasteiger partial charge is 0.0991 e. The largest absolute Gasteiger partial charge is 0.312 e. The van der Waals surface area contributed by atoms with Gasteiger partial charge in [-0.25, -0.2) is 0 Å². The molecule has 0 fully saturated rings. The van der Waals surface area contributed by atoms with Crippen LogP contribution in [0.4, 0.5) is 0 Å². The molecule has 114 valence electrons. The number of hydrogen-bond donors (Lipinski definition) is 1. The lowest BCUT2D eigenvalue weighted by molar-refractivity contribution is 0.539. The van der Waals surface area contributed by atoms with Gasteiger partial charge in [-0.3, -0.25) is 4.68 Å². The standard InChI is InChI=1S/C18H22N4/c1-18(2,3)17-15-11-20-8-7-16(15)22(21-17)12-14-6-4-5-13(9-14)10-19/h4-6,9,20H,7-8,11-12H2,1-3H3. The monoisotopic (exact) mass is 294 g/mol. The third-order valence-electron chi connectivity index (χ3n) is 4.11. The topological polar surface area (TPSA) is 53.6 Å². The molecule has 0 unspecified atom stereocenters. The van der Waals surface area contributed by atoms with Crippen molar-refractivity contribution in [3.8, 4) is 6.07 Å². The van der Waals surface area contributed by atoms with Crippen LogP contribution in [-0.2, 0) is 24.9 Å². The van der Waals surface area contributed by atoms with Gasteiger partial charge < -0.3 is 5.32 Å². The summed E-state index contributed by atoms with van der Waals surface area (Å²) in [6.07, 6.45) is 1.01. The summed E-state index contributed by atoms with van der Waals surface area (Å²) in [4.78, 5) is 0. The highest BCUT2D eigenvalue weighted by molar-refractivity contribution is 5.35. The molecule has 0 aliphatic carbocycles. The predicted molar refractivity (Wildman–Crippen MR) is 86.6 cm³/mol. The van der Waals surface area contributed by atoms with Crippen LogP contribution in [0, 0.1) is 11.3 Å². The van der Waals surface area contributed by atoms with Crippen LogP contribution in [0.2, 0.25) is 0 Å². The predicted octanol–water partition coefficient (Wildman–Crippen LogP) is 2.75. The van der Waals surface area contributed by atoms with Crippen LogP contribution >= 0.6 is 0 Å². The Morgan fingerprint density at radius 1 is 1.36 bits per heavy atom. The minimum atomic E-state index is 0.0445. The van der Waals surface area contributed by atoms with E-state index in [4.69, 9.17) is 10.4 Å². The first-order chi connectivity index (χ1) is 10.5. The first kappa shape index (κ1) is 14.8. The van der Waals surface area contributed by atoms with Crippen molar-refractivity contribution < 1.29 is 0 Å². The number of rotatable bonds is 2. The number of benzene rings is 1. The normalized spacial score (nSPS) is 14.5. The van der Waals surface area contributed by atoms with Crippen LogP contribution < -0.4 is 5.32 Å². The Morgan fingerprint density at radius 2 is 2.18 bits per heavy atom. The zero-order valence-electron chi connectivity index (χ0n) is 13.5. The van der Waals surface area contributed by atoms with Crippen LogP contribution in [0.3, 0.4) is 0 Å². The molecule has 1 aromatic heterocycles. The Morgan fingerprint density at radius 3 is 2.91 bits per heavy atom. The summed E-state index contributed by atoms with van der Waals surface area (Å²) in [5, 5.41) is 17.4. The van der Waals surface area contributed by atoms with E-state index in [-0.39, 0.29) is 5.41 Å². The van der Waals surface area contributed by atoms with Crippen molar-refractivity contribution in [2.45, 2.75) is 45.7 Å².